The Kier molecular flexibility index (Phi) is 12.8. The topological polar surface area (TPSA) is 187 Å². The molecule has 0 spiro atoms. The summed E-state index contributed by atoms with van der Waals surface area (Å²) in [4.78, 5) is 60.8. The van der Waals surface area contributed by atoms with E-state index in [0.717, 1.165) is 95.6 Å². The van der Waals surface area contributed by atoms with E-state index in [4.69, 9.17) is 5.73 Å². The average Bonchev–Trinajstić information content (AvgIpc) is 3.80. The molecule has 0 saturated carbocycles. The zero-order chi connectivity index (χ0) is 36.3. The fourth-order valence-corrected chi connectivity index (χ4v) is 7.22. The monoisotopic (exact) mass is 732 g/mol. The van der Waals surface area contributed by atoms with Crippen LogP contribution in [-0.2, 0) is 0 Å². The maximum absolute atomic E-state index is 12.4. The maximum atomic E-state index is 12.4. The number of rotatable bonds is 8. The van der Waals surface area contributed by atoms with Crippen LogP contribution in [0.25, 0.3) is 0 Å². The standard InChI is InChI=1S/C18H23N5O2S.C17H21N5O2S/c1-12-6-7-13(14(10-12)23-8-4-3-5-9-23)21-17(25)22-18-20-11-15(26-18)16(24)19-2;1-11-5-6-12(13(9-11)22-7-3-2-4-8-22)20-16(24)21-17-19-10-14(25-17)15(18)23/h6-7,10-11H,3-5,8-9H2,1-2H3,(H,19,24)(H2,20,21,22,25);5-6,9-10H,2-4,7-8H2,1H3,(H2,18,23)(H2,19,20,21,24). The molecule has 2 aromatic heterocycles. The number of amides is 6. The molecule has 2 fully saturated rings. The molecule has 0 unspecified atom stereocenters. The molecule has 16 heteroatoms. The normalized spacial score (nSPS) is 14.1. The minimum atomic E-state index is -0.558. The van der Waals surface area contributed by atoms with E-state index < -0.39 is 11.9 Å². The minimum absolute atomic E-state index is 0.220. The lowest BCUT2D eigenvalue weighted by Gasteiger charge is -2.30. The molecule has 4 aromatic rings. The summed E-state index contributed by atoms with van der Waals surface area (Å²) < 4.78 is 0. The molecule has 2 aliphatic rings. The molecule has 2 saturated heterocycles. The van der Waals surface area contributed by atoms with E-state index in [2.05, 4.69) is 58.5 Å². The third-order valence-electron chi connectivity index (χ3n) is 8.34. The van der Waals surface area contributed by atoms with Crippen LogP contribution in [0.5, 0.6) is 0 Å². The summed E-state index contributed by atoms with van der Waals surface area (Å²) in [7, 11) is 1.56. The van der Waals surface area contributed by atoms with E-state index >= 15 is 0 Å². The number of carbonyl (C=O) groups is 4. The second kappa shape index (κ2) is 17.6. The van der Waals surface area contributed by atoms with Crippen molar-refractivity contribution in [1.29, 1.82) is 0 Å². The Morgan fingerprint density at radius 1 is 0.647 bits per heavy atom. The first kappa shape index (κ1) is 37.0. The van der Waals surface area contributed by atoms with Gasteiger partial charge in [-0.15, -0.1) is 0 Å². The van der Waals surface area contributed by atoms with Gasteiger partial charge in [0.25, 0.3) is 11.8 Å². The summed E-state index contributed by atoms with van der Waals surface area (Å²) in [5.74, 6) is -0.779. The molecular weight excluding hydrogens is 689 g/mol. The zero-order valence-corrected chi connectivity index (χ0v) is 30.6. The van der Waals surface area contributed by atoms with Gasteiger partial charge in [-0.25, -0.2) is 19.6 Å². The van der Waals surface area contributed by atoms with Gasteiger partial charge in [-0.1, -0.05) is 34.8 Å². The highest BCUT2D eigenvalue weighted by molar-refractivity contribution is 7.18. The van der Waals surface area contributed by atoms with E-state index in [0.29, 0.717) is 20.0 Å². The largest absolute Gasteiger partial charge is 0.370 e. The summed E-state index contributed by atoms with van der Waals surface area (Å²) in [6.07, 6.45) is 9.96. The predicted molar refractivity (Wildman–Crippen MR) is 206 cm³/mol. The number of nitrogens with zero attached hydrogens (tertiary/aromatic N) is 4. The van der Waals surface area contributed by atoms with Crippen LogP contribution in [0.15, 0.2) is 48.8 Å². The summed E-state index contributed by atoms with van der Waals surface area (Å²) >= 11 is 2.18. The van der Waals surface area contributed by atoms with E-state index in [1.807, 2.05) is 38.1 Å². The van der Waals surface area contributed by atoms with Crippen molar-refractivity contribution < 1.29 is 19.2 Å². The van der Waals surface area contributed by atoms with Gasteiger partial charge in [-0.2, -0.15) is 0 Å². The van der Waals surface area contributed by atoms with Crippen molar-refractivity contribution in [3.05, 3.63) is 69.7 Å². The highest BCUT2D eigenvalue weighted by atomic mass is 32.1. The smallest absolute Gasteiger partial charge is 0.325 e. The Balaban J connectivity index is 0.000000198. The molecule has 0 atom stereocenters. The Hall–Kier alpha value is -5.22. The van der Waals surface area contributed by atoms with Crippen LogP contribution >= 0.6 is 22.7 Å². The minimum Gasteiger partial charge on any atom is -0.370 e. The molecule has 0 aliphatic carbocycles. The number of anilines is 6. The number of thiazole rings is 2. The molecule has 6 rings (SSSR count). The third-order valence-corrected chi connectivity index (χ3v) is 10.2. The summed E-state index contributed by atoms with van der Waals surface area (Å²) in [6, 6.07) is 11.2. The SMILES string of the molecule is CNC(=O)c1cnc(NC(=O)Nc2ccc(C)cc2N2CCCCC2)s1.Cc1ccc(NC(=O)Nc2ncc(C(N)=O)s2)c(N2CCCCC2)c1. The van der Waals surface area contributed by atoms with Gasteiger partial charge in [0.2, 0.25) is 0 Å². The Morgan fingerprint density at radius 2 is 1.08 bits per heavy atom. The van der Waals surface area contributed by atoms with E-state index in [1.54, 1.807) is 7.05 Å². The number of aromatic nitrogens is 2. The molecule has 270 valence electrons. The Bertz CT molecular complexity index is 1850. The molecular formula is C35H44N10O4S2. The molecule has 51 heavy (non-hydrogen) atoms. The lowest BCUT2D eigenvalue weighted by molar-refractivity contribution is 0.0965. The van der Waals surface area contributed by atoms with Gasteiger partial charge in [-0.3, -0.25) is 20.2 Å². The van der Waals surface area contributed by atoms with Crippen LogP contribution in [0.3, 0.4) is 0 Å². The number of hydrogen-bond acceptors (Lipinski definition) is 10. The average molecular weight is 733 g/mol. The zero-order valence-electron chi connectivity index (χ0n) is 29.0. The number of nitrogens with one attached hydrogen (secondary N) is 5. The molecule has 0 radical (unpaired) electrons. The molecule has 7 N–H and O–H groups in total. The molecule has 4 heterocycles. The van der Waals surface area contributed by atoms with Gasteiger partial charge >= 0.3 is 12.1 Å². The van der Waals surface area contributed by atoms with Crippen molar-refractivity contribution in [1.82, 2.24) is 15.3 Å². The van der Waals surface area contributed by atoms with Crippen LogP contribution in [-0.4, -0.2) is 67.1 Å². The van der Waals surface area contributed by atoms with E-state index in [9.17, 15) is 19.2 Å². The number of hydrogen-bond donors (Lipinski definition) is 6. The van der Waals surface area contributed by atoms with Crippen molar-refractivity contribution in [2.24, 2.45) is 5.73 Å². The molecule has 2 aromatic carbocycles. The third kappa shape index (κ3) is 10.4. The number of benzene rings is 2. The molecule has 14 nitrogen and oxygen atoms in total. The summed E-state index contributed by atoms with van der Waals surface area (Å²) in [5, 5.41) is 14.4. The second-order valence-corrected chi connectivity index (χ2v) is 14.4. The lowest BCUT2D eigenvalue weighted by atomic mass is 10.1. The van der Waals surface area contributed by atoms with Crippen LogP contribution < -0.4 is 42.1 Å². The predicted octanol–water partition coefficient (Wildman–Crippen LogP) is 6.63. The first-order chi connectivity index (χ1) is 24.6. The van der Waals surface area contributed by atoms with Crippen molar-refractivity contribution in [3.8, 4) is 0 Å². The number of nitrogens with two attached hydrogens (primary N) is 1. The summed E-state index contributed by atoms with van der Waals surface area (Å²) in [5.41, 5.74) is 11.1. The first-order valence-electron chi connectivity index (χ1n) is 16.9. The lowest BCUT2D eigenvalue weighted by Crippen LogP contribution is -2.31. The van der Waals surface area contributed by atoms with Crippen molar-refractivity contribution in [2.45, 2.75) is 52.4 Å². The van der Waals surface area contributed by atoms with Crippen molar-refractivity contribution in [2.75, 3.05) is 64.3 Å². The van der Waals surface area contributed by atoms with Crippen LogP contribution in [0, 0.1) is 13.8 Å². The van der Waals surface area contributed by atoms with E-state index in [1.165, 1.54) is 38.1 Å². The van der Waals surface area contributed by atoms with Crippen molar-refractivity contribution >= 4 is 79.6 Å². The van der Waals surface area contributed by atoms with Crippen LogP contribution in [0.1, 0.15) is 69.0 Å². The maximum Gasteiger partial charge on any atom is 0.325 e. The Morgan fingerprint density at radius 3 is 1.49 bits per heavy atom. The highest BCUT2D eigenvalue weighted by Gasteiger charge is 2.19. The van der Waals surface area contributed by atoms with Gasteiger partial charge in [0.15, 0.2) is 10.3 Å². The van der Waals surface area contributed by atoms with Gasteiger partial charge in [0.05, 0.1) is 35.1 Å². The van der Waals surface area contributed by atoms with Gasteiger partial charge in [-0.05, 0) is 87.8 Å². The Labute approximate surface area is 305 Å². The number of primary amides is 1. The summed E-state index contributed by atoms with van der Waals surface area (Å²) in [6.45, 7) is 8.08. The number of urea groups is 2. The van der Waals surface area contributed by atoms with E-state index in [-0.39, 0.29) is 11.9 Å². The number of piperidine rings is 2. The van der Waals surface area contributed by atoms with Crippen molar-refractivity contribution in [3.63, 3.8) is 0 Å². The molecule has 2 aliphatic heterocycles. The quantitative estimate of drug-likeness (QED) is 0.117. The van der Waals surface area contributed by atoms with Crippen LogP contribution in [0.4, 0.5) is 42.6 Å². The van der Waals surface area contributed by atoms with Crippen LogP contribution in [0.2, 0.25) is 0 Å². The highest BCUT2D eigenvalue weighted by Crippen LogP contribution is 2.31. The number of carbonyl (C=O) groups excluding carboxylic acids is 4. The fraction of sp³-hybridized carbons (Fsp3) is 0.371. The van der Waals surface area contributed by atoms with Gasteiger partial charge < -0.3 is 31.5 Å². The second-order valence-electron chi connectivity index (χ2n) is 12.3. The van der Waals surface area contributed by atoms with Gasteiger partial charge in [0, 0.05) is 33.2 Å². The fourth-order valence-electron chi connectivity index (χ4n) is 5.79. The molecule has 0 bridgehead atoms. The number of aryl methyl sites for hydroxylation is 2. The first-order valence-corrected chi connectivity index (χ1v) is 18.5. The van der Waals surface area contributed by atoms with Gasteiger partial charge in [0.1, 0.15) is 9.75 Å². The molecule has 6 amide bonds.